The molecule has 0 bridgehead atoms. The van der Waals surface area contributed by atoms with Crippen LogP contribution in [0.15, 0.2) is 0 Å². The Labute approximate surface area is 105 Å². The van der Waals surface area contributed by atoms with E-state index in [0.717, 1.165) is 25.7 Å². The van der Waals surface area contributed by atoms with Gasteiger partial charge in [0.15, 0.2) is 0 Å². The Morgan fingerprint density at radius 3 is 2.18 bits per heavy atom. The van der Waals surface area contributed by atoms with E-state index in [1.54, 1.807) is 11.4 Å². The van der Waals surface area contributed by atoms with E-state index in [2.05, 4.69) is 0 Å². The number of aliphatic hydroxyl groups excluding tert-OH is 1. The Hall–Kier alpha value is -0.130. The molecular weight excluding hydrogens is 238 g/mol. The fourth-order valence-electron chi connectivity index (χ4n) is 2.46. The lowest BCUT2D eigenvalue weighted by molar-refractivity contribution is 0.159. The Kier molecular flexibility index (Phi) is 5.41. The average Bonchev–Trinajstić information content (AvgIpc) is 2.26. The maximum Gasteiger partial charge on any atom is 0.214 e. The third-order valence-electron chi connectivity index (χ3n) is 3.57. The van der Waals surface area contributed by atoms with Gasteiger partial charge in [-0.1, -0.05) is 13.8 Å². The van der Waals surface area contributed by atoms with Gasteiger partial charge in [-0.25, -0.2) is 12.7 Å². The summed E-state index contributed by atoms with van der Waals surface area (Å²) in [5.74, 6) is 0.757. The smallest absolute Gasteiger partial charge is 0.214 e. The van der Waals surface area contributed by atoms with Gasteiger partial charge in [0.25, 0.3) is 0 Å². The largest absolute Gasteiger partial charge is 0.396 e. The molecular formula is C12H25NO3S. The Bertz CT molecular complexity index is 319. The minimum absolute atomic E-state index is 0.126. The van der Waals surface area contributed by atoms with E-state index < -0.39 is 10.0 Å². The molecule has 0 radical (unpaired) electrons. The minimum Gasteiger partial charge on any atom is -0.396 e. The van der Waals surface area contributed by atoms with Crippen molar-refractivity contribution in [2.45, 2.75) is 45.6 Å². The standard InChI is InChI=1S/C12H25NO3S/c1-10(2)9-17(15,16)13(3)12-6-4-11(8-14)5-7-12/h10-12,14H,4-9H2,1-3H3. The normalized spacial score (nSPS) is 26.7. The summed E-state index contributed by atoms with van der Waals surface area (Å²) in [4.78, 5) is 0. The molecule has 0 spiro atoms. The molecule has 0 aromatic rings. The number of hydrogen-bond donors (Lipinski definition) is 1. The average molecular weight is 263 g/mol. The summed E-state index contributed by atoms with van der Waals surface area (Å²) in [5.41, 5.74) is 0. The quantitative estimate of drug-likeness (QED) is 0.817. The number of rotatable bonds is 5. The first-order valence-corrected chi connectivity index (χ1v) is 8.04. The molecule has 17 heavy (non-hydrogen) atoms. The van der Waals surface area contributed by atoms with Crippen molar-refractivity contribution in [3.05, 3.63) is 0 Å². The minimum atomic E-state index is -3.11. The summed E-state index contributed by atoms with van der Waals surface area (Å²) in [5, 5.41) is 9.06. The molecule has 4 nitrogen and oxygen atoms in total. The molecule has 1 N–H and O–H groups in total. The van der Waals surface area contributed by atoms with E-state index in [1.165, 1.54) is 0 Å². The van der Waals surface area contributed by atoms with Crippen molar-refractivity contribution in [3.63, 3.8) is 0 Å². The van der Waals surface area contributed by atoms with Gasteiger partial charge in [0.05, 0.1) is 5.75 Å². The lowest BCUT2D eigenvalue weighted by Gasteiger charge is -2.33. The van der Waals surface area contributed by atoms with E-state index in [0.29, 0.717) is 5.92 Å². The molecule has 0 amide bonds. The summed E-state index contributed by atoms with van der Waals surface area (Å²) < 4.78 is 25.7. The van der Waals surface area contributed by atoms with Crippen LogP contribution >= 0.6 is 0 Å². The van der Waals surface area contributed by atoms with Gasteiger partial charge in [-0.15, -0.1) is 0 Å². The lowest BCUT2D eigenvalue weighted by Crippen LogP contribution is -2.41. The van der Waals surface area contributed by atoms with Crippen LogP contribution in [0.3, 0.4) is 0 Å². The van der Waals surface area contributed by atoms with Crippen LogP contribution in [0.2, 0.25) is 0 Å². The van der Waals surface area contributed by atoms with E-state index in [9.17, 15) is 8.42 Å². The van der Waals surface area contributed by atoms with Crippen molar-refractivity contribution >= 4 is 10.0 Å². The Morgan fingerprint density at radius 2 is 1.76 bits per heavy atom. The molecule has 0 aromatic carbocycles. The fourth-order valence-corrected chi connectivity index (χ4v) is 4.20. The van der Waals surface area contributed by atoms with Gasteiger partial charge >= 0.3 is 0 Å². The van der Waals surface area contributed by atoms with Crippen LogP contribution in [0, 0.1) is 11.8 Å². The van der Waals surface area contributed by atoms with Gasteiger partial charge in [0, 0.05) is 19.7 Å². The molecule has 1 saturated carbocycles. The molecule has 5 heteroatoms. The van der Waals surface area contributed by atoms with Crippen LogP contribution in [0.5, 0.6) is 0 Å². The van der Waals surface area contributed by atoms with Crippen molar-refractivity contribution in [1.29, 1.82) is 0 Å². The fraction of sp³-hybridized carbons (Fsp3) is 1.00. The zero-order valence-corrected chi connectivity index (χ0v) is 11.9. The second-order valence-corrected chi connectivity index (χ2v) is 7.62. The Morgan fingerprint density at radius 1 is 1.24 bits per heavy atom. The zero-order valence-electron chi connectivity index (χ0n) is 11.1. The van der Waals surface area contributed by atoms with Crippen molar-refractivity contribution < 1.29 is 13.5 Å². The highest BCUT2D eigenvalue weighted by molar-refractivity contribution is 7.89. The number of hydrogen-bond acceptors (Lipinski definition) is 3. The zero-order chi connectivity index (χ0) is 13.1. The van der Waals surface area contributed by atoms with Crippen LogP contribution < -0.4 is 0 Å². The SMILES string of the molecule is CC(C)CS(=O)(=O)N(C)C1CCC(CO)CC1. The van der Waals surface area contributed by atoms with Crippen LogP contribution in [0.25, 0.3) is 0 Å². The summed E-state index contributed by atoms with van der Waals surface area (Å²) in [6, 6.07) is 0.126. The van der Waals surface area contributed by atoms with Crippen LogP contribution in [0.1, 0.15) is 39.5 Å². The second-order valence-electron chi connectivity index (χ2n) is 5.55. The van der Waals surface area contributed by atoms with Gasteiger partial charge in [-0.2, -0.15) is 0 Å². The summed E-state index contributed by atoms with van der Waals surface area (Å²) in [6.45, 7) is 4.08. The van der Waals surface area contributed by atoms with Crippen LogP contribution in [0.4, 0.5) is 0 Å². The number of sulfonamides is 1. The Balaban J connectivity index is 2.56. The van der Waals surface area contributed by atoms with Gasteiger partial charge in [-0.05, 0) is 37.5 Å². The van der Waals surface area contributed by atoms with E-state index in [1.807, 2.05) is 13.8 Å². The summed E-state index contributed by atoms with van der Waals surface area (Å²) in [7, 11) is -1.42. The molecule has 0 aromatic heterocycles. The summed E-state index contributed by atoms with van der Waals surface area (Å²) in [6.07, 6.45) is 3.61. The predicted molar refractivity (Wildman–Crippen MR) is 69.2 cm³/mol. The predicted octanol–water partition coefficient (Wildman–Crippen LogP) is 1.46. The maximum absolute atomic E-state index is 12.1. The van der Waals surface area contributed by atoms with Gasteiger partial charge in [0.2, 0.25) is 10.0 Å². The second kappa shape index (κ2) is 6.16. The van der Waals surface area contributed by atoms with Crippen molar-refractivity contribution in [1.82, 2.24) is 4.31 Å². The molecule has 0 atom stereocenters. The molecule has 0 aliphatic heterocycles. The van der Waals surface area contributed by atoms with E-state index in [-0.39, 0.29) is 24.3 Å². The molecule has 1 aliphatic carbocycles. The third kappa shape index (κ3) is 4.23. The van der Waals surface area contributed by atoms with Crippen molar-refractivity contribution in [2.75, 3.05) is 19.4 Å². The molecule has 1 fully saturated rings. The number of aliphatic hydroxyl groups is 1. The lowest BCUT2D eigenvalue weighted by atomic mass is 9.87. The third-order valence-corrected chi connectivity index (χ3v) is 5.84. The van der Waals surface area contributed by atoms with E-state index >= 15 is 0 Å². The van der Waals surface area contributed by atoms with Gasteiger partial charge in [-0.3, -0.25) is 0 Å². The van der Waals surface area contributed by atoms with Gasteiger partial charge < -0.3 is 5.11 Å². The highest BCUT2D eigenvalue weighted by Gasteiger charge is 2.30. The molecule has 0 unspecified atom stereocenters. The topological polar surface area (TPSA) is 57.6 Å². The molecule has 1 rings (SSSR count). The van der Waals surface area contributed by atoms with Gasteiger partial charge in [0.1, 0.15) is 0 Å². The van der Waals surface area contributed by atoms with Crippen molar-refractivity contribution in [3.8, 4) is 0 Å². The molecule has 102 valence electrons. The first-order chi connectivity index (χ1) is 7.86. The monoisotopic (exact) mass is 263 g/mol. The van der Waals surface area contributed by atoms with E-state index in [4.69, 9.17) is 5.11 Å². The highest BCUT2D eigenvalue weighted by Crippen LogP contribution is 2.28. The van der Waals surface area contributed by atoms with Crippen LogP contribution in [-0.2, 0) is 10.0 Å². The van der Waals surface area contributed by atoms with Crippen LogP contribution in [-0.4, -0.2) is 43.3 Å². The molecule has 1 aliphatic rings. The maximum atomic E-state index is 12.1. The summed E-state index contributed by atoms with van der Waals surface area (Å²) >= 11 is 0. The molecule has 0 saturated heterocycles. The molecule has 0 heterocycles. The highest BCUT2D eigenvalue weighted by atomic mass is 32.2. The first-order valence-electron chi connectivity index (χ1n) is 6.43. The van der Waals surface area contributed by atoms with Crippen molar-refractivity contribution in [2.24, 2.45) is 11.8 Å². The number of nitrogens with zero attached hydrogens (tertiary/aromatic N) is 1. The first kappa shape index (κ1) is 14.9.